The monoisotopic (exact) mass is 389 g/mol. The molecule has 0 bridgehead atoms. The number of nitrogens with zero attached hydrogens (tertiary/aromatic N) is 1. The first kappa shape index (κ1) is 18.3. The fraction of sp³-hybridized carbons (Fsp3) is 0.130. The number of rotatable bonds is 5. The Hall–Kier alpha value is -3.05. The summed E-state index contributed by atoms with van der Waals surface area (Å²) in [6, 6.07) is 21.6. The summed E-state index contributed by atoms with van der Waals surface area (Å²) < 4.78 is 5.66. The summed E-state index contributed by atoms with van der Waals surface area (Å²) >= 11 is 0.976. The molecule has 5 heteroatoms. The van der Waals surface area contributed by atoms with Crippen LogP contribution in [0, 0.1) is 6.92 Å². The summed E-state index contributed by atoms with van der Waals surface area (Å²) in [6.45, 7) is 2.50. The first-order chi connectivity index (χ1) is 13.6. The van der Waals surface area contributed by atoms with Crippen molar-refractivity contribution in [2.24, 2.45) is 0 Å². The van der Waals surface area contributed by atoms with E-state index < -0.39 is 0 Å². The van der Waals surface area contributed by atoms with Crippen LogP contribution in [0.15, 0.2) is 71.6 Å². The van der Waals surface area contributed by atoms with Gasteiger partial charge in [-0.3, -0.25) is 14.5 Å². The maximum Gasteiger partial charge on any atom is 0.293 e. The normalized spacial score (nSPS) is 15.6. The van der Waals surface area contributed by atoms with Gasteiger partial charge in [0.25, 0.3) is 11.1 Å². The standard InChI is InChI=1S/C23H19NO3S/c1-16-9-11-19(12-10-16)27-14-13-24-22(25)21(28-23(24)26)15-18-7-4-6-17-5-2-3-8-20(17)18/h2-12,15H,13-14H2,1H3/b21-15-. The second kappa shape index (κ2) is 7.90. The van der Waals surface area contributed by atoms with E-state index in [9.17, 15) is 9.59 Å². The van der Waals surface area contributed by atoms with Crippen molar-refractivity contribution < 1.29 is 14.3 Å². The zero-order valence-electron chi connectivity index (χ0n) is 15.4. The van der Waals surface area contributed by atoms with Crippen LogP contribution in [0.5, 0.6) is 5.75 Å². The van der Waals surface area contributed by atoms with Crippen LogP contribution in [0.2, 0.25) is 0 Å². The van der Waals surface area contributed by atoms with Crippen LogP contribution in [0.3, 0.4) is 0 Å². The maximum atomic E-state index is 12.7. The minimum absolute atomic E-state index is 0.228. The summed E-state index contributed by atoms with van der Waals surface area (Å²) in [7, 11) is 0. The molecule has 28 heavy (non-hydrogen) atoms. The average Bonchev–Trinajstić information content (AvgIpc) is 2.97. The SMILES string of the molecule is Cc1ccc(OCCN2C(=O)S/C(=C\c3cccc4ccccc34)C2=O)cc1. The number of carbonyl (C=O) groups is 2. The summed E-state index contributed by atoms with van der Waals surface area (Å²) in [5.74, 6) is 0.458. The molecular formula is C23H19NO3S. The Balaban J connectivity index is 1.47. The van der Waals surface area contributed by atoms with Crippen LogP contribution in [-0.2, 0) is 4.79 Å². The van der Waals surface area contributed by atoms with Gasteiger partial charge < -0.3 is 4.74 Å². The van der Waals surface area contributed by atoms with Crippen LogP contribution in [-0.4, -0.2) is 29.2 Å². The molecule has 0 saturated carbocycles. The van der Waals surface area contributed by atoms with Gasteiger partial charge in [-0.1, -0.05) is 60.2 Å². The number of ether oxygens (including phenoxy) is 1. The summed E-state index contributed by atoms with van der Waals surface area (Å²) in [5.41, 5.74) is 2.08. The number of thioether (sulfide) groups is 1. The lowest BCUT2D eigenvalue weighted by atomic mass is 10.0. The number of hydrogen-bond donors (Lipinski definition) is 0. The van der Waals surface area contributed by atoms with Gasteiger partial charge in [0.15, 0.2) is 0 Å². The topological polar surface area (TPSA) is 46.6 Å². The molecule has 0 aliphatic carbocycles. The van der Waals surface area contributed by atoms with E-state index >= 15 is 0 Å². The molecule has 4 rings (SSSR count). The van der Waals surface area contributed by atoms with Gasteiger partial charge in [-0.15, -0.1) is 0 Å². The summed E-state index contributed by atoms with van der Waals surface area (Å²) in [5, 5.41) is 1.89. The van der Waals surface area contributed by atoms with Gasteiger partial charge in [-0.25, -0.2) is 0 Å². The molecule has 2 amide bonds. The van der Waals surface area contributed by atoms with Gasteiger partial charge in [0, 0.05) is 0 Å². The molecule has 1 fully saturated rings. The van der Waals surface area contributed by atoms with E-state index in [1.165, 1.54) is 4.90 Å². The van der Waals surface area contributed by atoms with E-state index in [1.807, 2.05) is 73.7 Å². The lowest BCUT2D eigenvalue weighted by Crippen LogP contribution is -2.32. The van der Waals surface area contributed by atoms with E-state index in [2.05, 4.69) is 0 Å². The number of amides is 2. The number of imide groups is 1. The molecular weight excluding hydrogens is 370 g/mol. The van der Waals surface area contributed by atoms with Crippen molar-refractivity contribution in [3.8, 4) is 5.75 Å². The van der Waals surface area contributed by atoms with E-state index in [4.69, 9.17) is 4.74 Å². The van der Waals surface area contributed by atoms with Crippen LogP contribution in [0.4, 0.5) is 4.79 Å². The third-order valence-electron chi connectivity index (χ3n) is 4.59. The van der Waals surface area contributed by atoms with Crippen molar-refractivity contribution in [1.29, 1.82) is 0 Å². The molecule has 0 N–H and O–H groups in total. The predicted molar refractivity (Wildman–Crippen MR) is 113 cm³/mol. The molecule has 0 atom stereocenters. The van der Waals surface area contributed by atoms with Crippen molar-refractivity contribution in [3.05, 3.63) is 82.8 Å². The van der Waals surface area contributed by atoms with E-state index in [-0.39, 0.29) is 24.3 Å². The van der Waals surface area contributed by atoms with E-state index in [0.717, 1.165) is 39.4 Å². The van der Waals surface area contributed by atoms with Crippen LogP contribution in [0.1, 0.15) is 11.1 Å². The van der Waals surface area contributed by atoms with Crippen LogP contribution < -0.4 is 4.74 Å². The molecule has 0 radical (unpaired) electrons. The van der Waals surface area contributed by atoms with Gasteiger partial charge in [0.05, 0.1) is 11.4 Å². The second-order valence-electron chi connectivity index (χ2n) is 6.56. The molecule has 140 valence electrons. The molecule has 1 aliphatic rings. The predicted octanol–water partition coefficient (Wildman–Crippen LogP) is 5.26. The number of carbonyl (C=O) groups excluding carboxylic acids is 2. The van der Waals surface area contributed by atoms with Gasteiger partial charge in [0.2, 0.25) is 0 Å². The van der Waals surface area contributed by atoms with Crippen molar-refractivity contribution in [2.45, 2.75) is 6.92 Å². The number of aryl methyl sites for hydroxylation is 1. The average molecular weight is 389 g/mol. The highest BCUT2D eigenvalue weighted by Crippen LogP contribution is 2.33. The van der Waals surface area contributed by atoms with Crippen molar-refractivity contribution in [1.82, 2.24) is 4.90 Å². The third-order valence-corrected chi connectivity index (χ3v) is 5.50. The van der Waals surface area contributed by atoms with Crippen molar-refractivity contribution in [2.75, 3.05) is 13.2 Å². The Morgan fingerprint density at radius 1 is 0.964 bits per heavy atom. The molecule has 4 nitrogen and oxygen atoms in total. The first-order valence-electron chi connectivity index (χ1n) is 9.04. The minimum atomic E-state index is -0.268. The number of hydrogen-bond acceptors (Lipinski definition) is 4. The lowest BCUT2D eigenvalue weighted by Gasteiger charge is -2.13. The Kier molecular flexibility index (Phi) is 5.17. The van der Waals surface area contributed by atoms with Gasteiger partial charge in [-0.2, -0.15) is 0 Å². The van der Waals surface area contributed by atoms with Crippen molar-refractivity contribution in [3.63, 3.8) is 0 Å². The van der Waals surface area contributed by atoms with Crippen LogP contribution in [0.25, 0.3) is 16.8 Å². The van der Waals surface area contributed by atoms with Gasteiger partial charge in [-0.05, 0) is 53.2 Å². The fourth-order valence-electron chi connectivity index (χ4n) is 3.10. The fourth-order valence-corrected chi connectivity index (χ4v) is 3.96. The molecule has 0 unspecified atom stereocenters. The first-order valence-corrected chi connectivity index (χ1v) is 9.86. The minimum Gasteiger partial charge on any atom is -0.492 e. The molecule has 1 heterocycles. The highest BCUT2D eigenvalue weighted by Gasteiger charge is 2.34. The number of fused-ring (bicyclic) bond motifs is 1. The Labute approximate surface area is 167 Å². The zero-order valence-corrected chi connectivity index (χ0v) is 16.2. The Morgan fingerprint density at radius 3 is 2.54 bits per heavy atom. The molecule has 1 saturated heterocycles. The van der Waals surface area contributed by atoms with Gasteiger partial charge >= 0.3 is 0 Å². The van der Waals surface area contributed by atoms with Gasteiger partial charge in [0.1, 0.15) is 12.4 Å². The van der Waals surface area contributed by atoms with Crippen LogP contribution >= 0.6 is 11.8 Å². The molecule has 3 aromatic rings. The molecule has 0 spiro atoms. The molecule has 1 aliphatic heterocycles. The van der Waals surface area contributed by atoms with E-state index in [1.54, 1.807) is 6.08 Å². The van der Waals surface area contributed by atoms with Crippen molar-refractivity contribution >= 4 is 39.8 Å². The number of benzene rings is 3. The third kappa shape index (κ3) is 3.80. The summed E-state index contributed by atoms with van der Waals surface area (Å²) in [4.78, 5) is 26.7. The Morgan fingerprint density at radius 2 is 1.71 bits per heavy atom. The molecule has 3 aromatic carbocycles. The lowest BCUT2D eigenvalue weighted by molar-refractivity contribution is -0.123. The highest BCUT2D eigenvalue weighted by molar-refractivity contribution is 8.18. The van der Waals surface area contributed by atoms with E-state index in [0.29, 0.717) is 4.91 Å². The largest absolute Gasteiger partial charge is 0.492 e. The summed E-state index contributed by atoms with van der Waals surface area (Å²) in [6.07, 6.45) is 1.80. The quantitative estimate of drug-likeness (QED) is 0.558. The smallest absolute Gasteiger partial charge is 0.293 e. The molecule has 0 aromatic heterocycles. The highest BCUT2D eigenvalue weighted by atomic mass is 32.2. The second-order valence-corrected chi connectivity index (χ2v) is 7.56. The maximum absolute atomic E-state index is 12.7. The Bertz CT molecular complexity index is 1070. The zero-order chi connectivity index (χ0) is 19.5.